The van der Waals surface area contributed by atoms with Crippen LogP contribution in [0.25, 0.3) is 16.8 Å². The topological polar surface area (TPSA) is 65.3 Å². The van der Waals surface area contributed by atoms with Gasteiger partial charge in [0.2, 0.25) is 5.69 Å². The molecular formula is C23H22Cl2FN2O3P. The van der Waals surface area contributed by atoms with Gasteiger partial charge in [0.05, 0.1) is 0 Å². The van der Waals surface area contributed by atoms with Crippen molar-refractivity contribution >= 4 is 7.60 Å². The first-order valence-electron chi connectivity index (χ1n) is 9.53. The fraction of sp³-hybridized carbons (Fsp3) is 0.130. The third-order valence-electron chi connectivity index (χ3n) is 5.34. The normalized spacial score (nSPS) is 17.3. The van der Waals surface area contributed by atoms with Gasteiger partial charge in [0.15, 0.2) is 36.5 Å². The highest BCUT2D eigenvalue weighted by molar-refractivity contribution is 7.53. The molecular weight excluding hydrogens is 473 g/mol. The van der Waals surface area contributed by atoms with Gasteiger partial charge in [-0.05, 0) is 29.7 Å². The summed E-state index contributed by atoms with van der Waals surface area (Å²) in [6.07, 6.45) is 14.7. The van der Waals surface area contributed by atoms with Gasteiger partial charge in [-0.15, -0.1) is 0 Å². The van der Waals surface area contributed by atoms with E-state index in [2.05, 4.69) is 0 Å². The maximum atomic E-state index is 13.1. The average molecular weight is 495 g/mol. The first-order valence-corrected chi connectivity index (χ1v) is 11.1. The van der Waals surface area contributed by atoms with Crippen LogP contribution in [0.15, 0.2) is 97.6 Å². The smallest absolute Gasteiger partial charge is 0.342 e. The van der Waals surface area contributed by atoms with Crippen molar-refractivity contribution in [3.8, 4) is 16.8 Å². The molecule has 32 heavy (non-hydrogen) atoms. The summed E-state index contributed by atoms with van der Waals surface area (Å²) >= 11 is 0. The number of pyridine rings is 2. The van der Waals surface area contributed by atoms with Crippen LogP contribution in [0.5, 0.6) is 0 Å². The Bertz CT molecular complexity index is 1150. The van der Waals surface area contributed by atoms with Crippen LogP contribution in [0.2, 0.25) is 0 Å². The zero-order chi connectivity index (χ0) is 21.2. The first kappa shape index (κ1) is 25.9. The number of hydrogen-bond acceptors (Lipinski definition) is 1. The summed E-state index contributed by atoms with van der Waals surface area (Å²) in [5.41, 5.74) is 2.86. The zero-order valence-corrected chi connectivity index (χ0v) is 19.3. The summed E-state index contributed by atoms with van der Waals surface area (Å²) in [4.78, 5) is 19.8. The predicted octanol–water partition coefficient (Wildman–Crippen LogP) is -2.50. The van der Waals surface area contributed by atoms with Crippen molar-refractivity contribution < 1.29 is 52.7 Å². The van der Waals surface area contributed by atoms with Gasteiger partial charge in [0, 0.05) is 36.4 Å². The van der Waals surface area contributed by atoms with Gasteiger partial charge < -0.3 is 34.6 Å². The number of halogens is 3. The molecule has 0 aliphatic heterocycles. The first-order chi connectivity index (χ1) is 14.4. The van der Waals surface area contributed by atoms with Gasteiger partial charge in [0.25, 0.3) is 0 Å². The number of rotatable bonds is 5. The summed E-state index contributed by atoms with van der Waals surface area (Å²) in [5, 5.41) is -1.22. The minimum absolute atomic E-state index is 0. The molecule has 2 aromatic heterocycles. The van der Waals surface area contributed by atoms with Crippen LogP contribution < -0.4 is 33.9 Å². The van der Waals surface area contributed by atoms with Crippen molar-refractivity contribution in [3.05, 3.63) is 103 Å². The van der Waals surface area contributed by atoms with E-state index in [9.17, 15) is 18.7 Å². The second-order valence-electron chi connectivity index (χ2n) is 7.37. The molecule has 9 heteroatoms. The lowest BCUT2D eigenvalue weighted by atomic mass is 9.99. The van der Waals surface area contributed by atoms with E-state index in [-0.39, 0.29) is 37.2 Å². The van der Waals surface area contributed by atoms with Crippen LogP contribution >= 0.6 is 7.60 Å². The van der Waals surface area contributed by atoms with Crippen molar-refractivity contribution in [2.45, 2.75) is 18.1 Å². The van der Waals surface area contributed by atoms with Crippen LogP contribution in [-0.4, -0.2) is 14.9 Å². The number of aromatic nitrogens is 2. The minimum atomic E-state index is -4.33. The van der Waals surface area contributed by atoms with Crippen LogP contribution in [0.3, 0.4) is 0 Å². The van der Waals surface area contributed by atoms with Crippen molar-refractivity contribution in [3.63, 3.8) is 0 Å². The monoisotopic (exact) mass is 494 g/mol. The standard InChI is InChI=1S/C23H20FN2O3P.2ClH/c24-21-4-6-22(7-5-21)26-16-10-20(11-17-26)19-8-14-25(15-9-19)18-23(30(27,28)29)12-2-1-3-13-23;;/h1-12,14-17H,13,18H2;2*1H. The van der Waals surface area contributed by atoms with Gasteiger partial charge in [-0.2, -0.15) is 4.57 Å². The second kappa shape index (κ2) is 10.5. The van der Waals surface area contributed by atoms with Crippen LogP contribution in [0.4, 0.5) is 4.39 Å². The Morgan fingerprint density at radius 1 is 0.875 bits per heavy atom. The molecule has 0 saturated heterocycles. The van der Waals surface area contributed by atoms with Gasteiger partial charge in [0.1, 0.15) is 5.82 Å². The van der Waals surface area contributed by atoms with Gasteiger partial charge >= 0.3 is 7.60 Å². The molecule has 1 atom stereocenters. The number of allylic oxidation sites excluding steroid dienone is 4. The molecule has 5 nitrogen and oxygen atoms in total. The lowest BCUT2D eigenvalue weighted by molar-refractivity contribution is -0.699. The van der Waals surface area contributed by atoms with Crippen LogP contribution in [0, 0.1) is 5.82 Å². The molecule has 0 amide bonds. The largest absolute Gasteiger partial charge is 1.00 e. The Morgan fingerprint density at radius 3 is 1.94 bits per heavy atom. The quantitative estimate of drug-likeness (QED) is 0.304. The summed E-state index contributed by atoms with van der Waals surface area (Å²) in [6.45, 7) is 0.192. The van der Waals surface area contributed by atoms with Gasteiger partial charge in [-0.3, -0.25) is 4.57 Å². The third kappa shape index (κ3) is 5.52. The SMILES string of the molecule is O=P(O)(O)C1(C[n+]2ccc(-c3cc[n+](-c4ccc(F)cc4)cc3)cc2)C=CC=CC1.[Cl-].[Cl-]. The van der Waals surface area contributed by atoms with Gasteiger partial charge in [-0.1, -0.05) is 24.3 Å². The number of benzene rings is 1. The van der Waals surface area contributed by atoms with E-state index >= 15 is 0 Å². The van der Waals surface area contributed by atoms with Crippen LogP contribution in [-0.2, 0) is 11.1 Å². The molecule has 1 unspecified atom stereocenters. The highest BCUT2D eigenvalue weighted by Crippen LogP contribution is 2.54. The molecule has 2 heterocycles. The number of hydrogen-bond donors (Lipinski definition) is 2. The van der Waals surface area contributed by atoms with E-state index < -0.39 is 12.8 Å². The summed E-state index contributed by atoms with van der Waals surface area (Å²) in [7, 11) is -4.33. The van der Waals surface area contributed by atoms with E-state index in [1.54, 1.807) is 41.0 Å². The molecule has 1 aliphatic carbocycles. The molecule has 2 N–H and O–H groups in total. The second-order valence-corrected chi connectivity index (χ2v) is 9.35. The van der Waals surface area contributed by atoms with Crippen molar-refractivity contribution in [1.29, 1.82) is 0 Å². The summed E-state index contributed by atoms with van der Waals surface area (Å²) in [5.74, 6) is -0.270. The molecule has 1 aromatic carbocycles. The lowest BCUT2D eigenvalue weighted by Crippen LogP contribution is -3.00. The Balaban J connectivity index is 0.00000181. The molecule has 1 aliphatic rings. The zero-order valence-electron chi connectivity index (χ0n) is 16.9. The lowest BCUT2D eigenvalue weighted by Gasteiger charge is -2.28. The maximum absolute atomic E-state index is 13.1. The Morgan fingerprint density at radius 2 is 1.44 bits per heavy atom. The Kier molecular flexibility index (Phi) is 8.52. The van der Waals surface area contributed by atoms with Crippen molar-refractivity contribution in [2.75, 3.05) is 0 Å². The summed E-state index contributed by atoms with van der Waals surface area (Å²) in [6, 6.07) is 14.1. The molecule has 3 aromatic rings. The van der Waals surface area contributed by atoms with Crippen LogP contribution in [0.1, 0.15) is 6.42 Å². The molecule has 4 rings (SSSR count). The van der Waals surface area contributed by atoms with Gasteiger partial charge in [-0.25, -0.2) is 8.96 Å². The molecule has 0 bridgehead atoms. The van der Waals surface area contributed by atoms with E-state index in [1.165, 1.54) is 12.1 Å². The van der Waals surface area contributed by atoms with Crippen molar-refractivity contribution in [1.82, 2.24) is 0 Å². The average Bonchev–Trinajstić information content (AvgIpc) is 2.75. The molecule has 0 fully saturated rings. The molecule has 0 saturated carbocycles. The highest BCUT2D eigenvalue weighted by Gasteiger charge is 2.48. The summed E-state index contributed by atoms with van der Waals surface area (Å²) < 4.78 is 28.9. The van der Waals surface area contributed by atoms with E-state index in [1.807, 2.05) is 53.6 Å². The fourth-order valence-electron chi connectivity index (χ4n) is 3.55. The Labute approximate surface area is 198 Å². The van der Waals surface area contributed by atoms with E-state index in [0.29, 0.717) is 6.42 Å². The van der Waals surface area contributed by atoms with E-state index in [4.69, 9.17) is 0 Å². The fourth-order valence-corrected chi connectivity index (χ4v) is 4.53. The maximum Gasteiger partial charge on any atom is 0.342 e. The third-order valence-corrected chi connectivity index (χ3v) is 6.97. The molecule has 0 spiro atoms. The number of nitrogens with zero attached hydrogens (tertiary/aromatic N) is 2. The predicted molar refractivity (Wildman–Crippen MR) is 111 cm³/mol. The molecule has 168 valence electrons. The molecule has 0 radical (unpaired) electrons. The highest BCUT2D eigenvalue weighted by atomic mass is 35.5. The van der Waals surface area contributed by atoms with E-state index in [0.717, 1.165) is 16.8 Å². The van der Waals surface area contributed by atoms with Crippen molar-refractivity contribution in [2.24, 2.45) is 0 Å². The Hall–Kier alpha value is -2.34. The minimum Gasteiger partial charge on any atom is -1.00 e.